The summed E-state index contributed by atoms with van der Waals surface area (Å²) < 4.78 is 5.36. The van der Waals surface area contributed by atoms with Gasteiger partial charge < -0.3 is 15.0 Å². The molecule has 0 bridgehead atoms. The SMILES string of the molecule is COCC1(CNC(=O)[C@@H]2CCCN(C)C2)CCCC1. The molecule has 1 saturated carbocycles. The quantitative estimate of drug-likeness (QED) is 0.824. The third-order valence-corrected chi connectivity index (χ3v) is 4.75. The van der Waals surface area contributed by atoms with Crippen molar-refractivity contribution in [1.29, 1.82) is 0 Å². The second kappa shape index (κ2) is 6.71. The number of rotatable bonds is 5. The molecule has 110 valence electrons. The summed E-state index contributed by atoms with van der Waals surface area (Å²) in [4.78, 5) is 14.5. The van der Waals surface area contributed by atoms with Crippen molar-refractivity contribution >= 4 is 5.91 Å². The molecular weight excluding hydrogens is 240 g/mol. The number of nitrogens with one attached hydrogen (secondary N) is 1. The van der Waals surface area contributed by atoms with Gasteiger partial charge in [0.15, 0.2) is 0 Å². The van der Waals surface area contributed by atoms with E-state index in [-0.39, 0.29) is 17.2 Å². The Morgan fingerprint density at radius 2 is 2.11 bits per heavy atom. The van der Waals surface area contributed by atoms with Gasteiger partial charge in [-0.05, 0) is 39.3 Å². The van der Waals surface area contributed by atoms with Crippen molar-refractivity contribution in [1.82, 2.24) is 10.2 Å². The van der Waals surface area contributed by atoms with Crippen LogP contribution in [0.5, 0.6) is 0 Å². The minimum Gasteiger partial charge on any atom is -0.384 e. The van der Waals surface area contributed by atoms with E-state index in [0.29, 0.717) is 0 Å². The van der Waals surface area contributed by atoms with Gasteiger partial charge in [0.1, 0.15) is 0 Å². The van der Waals surface area contributed by atoms with E-state index >= 15 is 0 Å². The third-order valence-electron chi connectivity index (χ3n) is 4.75. The van der Waals surface area contributed by atoms with Crippen LogP contribution in [0.3, 0.4) is 0 Å². The lowest BCUT2D eigenvalue weighted by molar-refractivity contribution is -0.127. The standard InChI is InChI=1S/C15H28N2O2/c1-17-9-5-6-13(10-17)14(18)16-11-15(12-19-2)7-3-4-8-15/h13H,3-12H2,1-2H3,(H,16,18)/t13-/m1/s1. The van der Waals surface area contributed by atoms with E-state index in [1.165, 1.54) is 25.7 Å². The molecule has 4 nitrogen and oxygen atoms in total. The highest BCUT2D eigenvalue weighted by atomic mass is 16.5. The molecule has 19 heavy (non-hydrogen) atoms. The number of hydrogen-bond acceptors (Lipinski definition) is 3. The van der Waals surface area contributed by atoms with Crippen LogP contribution in [0.2, 0.25) is 0 Å². The molecule has 2 rings (SSSR count). The lowest BCUT2D eigenvalue weighted by Crippen LogP contribution is -2.45. The third kappa shape index (κ3) is 3.93. The first-order valence-corrected chi connectivity index (χ1v) is 7.60. The molecule has 1 atom stereocenters. The molecule has 0 radical (unpaired) electrons. The van der Waals surface area contributed by atoms with E-state index in [0.717, 1.165) is 39.1 Å². The van der Waals surface area contributed by atoms with Crippen LogP contribution >= 0.6 is 0 Å². The molecule has 2 aliphatic rings. The zero-order valence-electron chi connectivity index (χ0n) is 12.4. The molecule has 1 aliphatic heterocycles. The van der Waals surface area contributed by atoms with Gasteiger partial charge in [0, 0.05) is 25.6 Å². The molecule has 1 N–H and O–H groups in total. The van der Waals surface area contributed by atoms with Gasteiger partial charge in [0.2, 0.25) is 5.91 Å². The average molecular weight is 268 g/mol. The number of nitrogens with zero attached hydrogens (tertiary/aromatic N) is 1. The molecule has 0 aromatic rings. The van der Waals surface area contributed by atoms with Crippen LogP contribution < -0.4 is 5.32 Å². The molecule has 0 aromatic carbocycles. The minimum atomic E-state index is 0.180. The van der Waals surface area contributed by atoms with Crippen molar-refractivity contribution in [2.75, 3.05) is 40.4 Å². The molecular formula is C15H28N2O2. The minimum absolute atomic E-state index is 0.180. The number of piperidine rings is 1. The maximum absolute atomic E-state index is 12.3. The fourth-order valence-electron chi connectivity index (χ4n) is 3.60. The largest absolute Gasteiger partial charge is 0.384 e. The molecule has 0 spiro atoms. The number of hydrogen-bond donors (Lipinski definition) is 1. The van der Waals surface area contributed by atoms with Crippen molar-refractivity contribution in [3.63, 3.8) is 0 Å². The fraction of sp³-hybridized carbons (Fsp3) is 0.933. The second-order valence-electron chi connectivity index (χ2n) is 6.46. The molecule has 1 saturated heterocycles. The normalized spacial score (nSPS) is 27.4. The summed E-state index contributed by atoms with van der Waals surface area (Å²) in [5, 5.41) is 3.19. The van der Waals surface area contributed by atoms with Crippen LogP contribution in [0.4, 0.5) is 0 Å². The summed E-state index contributed by atoms with van der Waals surface area (Å²) in [7, 11) is 3.86. The summed E-state index contributed by atoms with van der Waals surface area (Å²) in [5.74, 6) is 0.425. The highest BCUT2D eigenvalue weighted by Crippen LogP contribution is 2.37. The Kier molecular flexibility index (Phi) is 5.22. The first kappa shape index (κ1) is 14.8. The van der Waals surface area contributed by atoms with Crippen LogP contribution in [-0.2, 0) is 9.53 Å². The Morgan fingerprint density at radius 3 is 2.74 bits per heavy atom. The van der Waals surface area contributed by atoms with Gasteiger partial charge in [0.05, 0.1) is 12.5 Å². The maximum Gasteiger partial charge on any atom is 0.224 e. The lowest BCUT2D eigenvalue weighted by Gasteiger charge is -2.32. The molecule has 1 heterocycles. The van der Waals surface area contributed by atoms with Crippen LogP contribution in [0, 0.1) is 11.3 Å². The number of carbonyl (C=O) groups is 1. The summed E-state index contributed by atoms with van der Waals surface area (Å²) in [6.45, 7) is 3.60. The molecule has 4 heteroatoms. The van der Waals surface area contributed by atoms with Crippen molar-refractivity contribution in [3.8, 4) is 0 Å². The van der Waals surface area contributed by atoms with Crippen LogP contribution in [-0.4, -0.2) is 51.2 Å². The Bertz CT molecular complexity index is 301. The fourth-order valence-corrected chi connectivity index (χ4v) is 3.60. The number of ether oxygens (including phenoxy) is 1. The summed E-state index contributed by atoms with van der Waals surface area (Å²) in [5.41, 5.74) is 0.199. The highest BCUT2D eigenvalue weighted by Gasteiger charge is 2.35. The van der Waals surface area contributed by atoms with Crippen LogP contribution in [0.15, 0.2) is 0 Å². The first-order chi connectivity index (χ1) is 9.15. The van der Waals surface area contributed by atoms with Gasteiger partial charge in [-0.1, -0.05) is 12.8 Å². The zero-order chi connectivity index (χ0) is 13.7. The molecule has 1 amide bonds. The highest BCUT2D eigenvalue weighted by molar-refractivity contribution is 5.79. The summed E-state index contributed by atoms with van der Waals surface area (Å²) in [6.07, 6.45) is 7.08. The molecule has 2 fully saturated rings. The molecule has 0 aromatic heterocycles. The van der Waals surface area contributed by atoms with Crippen molar-refractivity contribution < 1.29 is 9.53 Å². The van der Waals surface area contributed by atoms with E-state index in [1.54, 1.807) is 7.11 Å². The van der Waals surface area contributed by atoms with Gasteiger partial charge in [-0.15, -0.1) is 0 Å². The van der Waals surface area contributed by atoms with Gasteiger partial charge >= 0.3 is 0 Å². The van der Waals surface area contributed by atoms with Crippen LogP contribution in [0.25, 0.3) is 0 Å². The average Bonchev–Trinajstić information content (AvgIpc) is 2.85. The van der Waals surface area contributed by atoms with E-state index in [4.69, 9.17) is 4.74 Å². The topological polar surface area (TPSA) is 41.6 Å². The van der Waals surface area contributed by atoms with E-state index < -0.39 is 0 Å². The Morgan fingerprint density at radius 1 is 1.37 bits per heavy atom. The summed E-state index contributed by atoms with van der Waals surface area (Å²) in [6, 6.07) is 0. The van der Waals surface area contributed by atoms with Crippen molar-refractivity contribution in [2.45, 2.75) is 38.5 Å². The Balaban J connectivity index is 1.81. The van der Waals surface area contributed by atoms with Gasteiger partial charge in [-0.25, -0.2) is 0 Å². The van der Waals surface area contributed by atoms with Crippen molar-refractivity contribution in [2.24, 2.45) is 11.3 Å². The maximum atomic E-state index is 12.3. The predicted molar refractivity (Wildman–Crippen MR) is 76.0 cm³/mol. The summed E-state index contributed by atoms with van der Waals surface area (Å²) >= 11 is 0. The monoisotopic (exact) mass is 268 g/mol. The van der Waals surface area contributed by atoms with Gasteiger partial charge in [-0.3, -0.25) is 4.79 Å². The first-order valence-electron chi connectivity index (χ1n) is 7.60. The van der Waals surface area contributed by atoms with E-state index in [1.807, 2.05) is 0 Å². The van der Waals surface area contributed by atoms with Gasteiger partial charge in [0.25, 0.3) is 0 Å². The number of carbonyl (C=O) groups excluding carboxylic acids is 1. The van der Waals surface area contributed by atoms with Gasteiger partial charge in [-0.2, -0.15) is 0 Å². The Labute approximate surface area is 116 Å². The number of methoxy groups -OCH3 is 1. The smallest absolute Gasteiger partial charge is 0.224 e. The number of likely N-dealkylation sites (tertiary alicyclic amines) is 1. The van der Waals surface area contributed by atoms with E-state index in [9.17, 15) is 4.79 Å². The molecule has 0 unspecified atom stereocenters. The zero-order valence-corrected chi connectivity index (χ0v) is 12.4. The van der Waals surface area contributed by atoms with Crippen LogP contribution in [0.1, 0.15) is 38.5 Å². The Hall–Kier alpha value is -0.610. The second-order valence-corrected chi connectivity index (χ2v) is 6.46. The number of amides is 1. The van der Waals surface area contributed by atoms with E-state index in [2.05, 4.69) is 17.3 Å². The predicted octanol–water partition coefficient (Wildman–Crippen LogP) is 1.65. The lowest BCUT2D eigenvalue weighted by atomic mass is 9.86. The van der Waals surface area contributed by atoms with Crippen molar-refractivity contribution in [3.05, 3.63) is 0 Å². The molecule has 1 aliphatic carbocycles.